The van der Waals surface area contributed by atoms with Gasteiger partial charge in [0.25, 0.3) is 0 Å². The van der Waals surface area contributed by atoms with E-state index in [-0.39, 0.29) is 30.9 Å². The van der Waals surface area contributed by atoms with E-state index in [0.717, 1.165) is 5.56 Å². The van der Waals surface area contributed by atoms with Gasteiger partial charge in [-0.05, 0) is 17.7 Å². The topological polar surface area (TPSA) is 81.8 Å². The average Bonchev–Trinajstić information content (AvgIpc) is 2.69. The number of benzene rings is 2. The number of amides is 4. The summed E-state index contributed by atoms with van der Waals surface area (Å²) in [4.78, 5) is 39.6. The van der Waals surface area contributed by atoms with Gasteiger partial charge in [-0.2, -0.15) is 0 Å². The van der Waals surface area contributed by atoms with Crippen LogP contribution in [-0.4, -0.2) is 53.8 Å². The van der Waals surface area contributed by atoms with E-state index in [1.54, 1.807) is 12.1 Å². The predicted octanol–water partition coefficient (Wildman–Crippen LogP) is 1.68. The van der Waals surface area contributed by atoms with Crippen LogP contribution in [0.4, 0.5) is 10.5 Å². The quantitative estimate of drug-likeness (QED) is 0.845. The molecule has 0 saturated carbocycles. The van der Waals surface area contributed by atoms with E-state index in [0.29, 0.717) is 25.3 Å². The van der Waals surface area contributed by atoms with Crippen LogP contribution in [0.1, 0.15) is 5.56 Å². The molecule has 7 nitrogen and oxygen atoms in total. The molecule has 1 fully saturated rings. The van der Waals surface area contributed by atoms with E-state index in [1.807, 2.05) is 48.5 Å². The van der Waals surface area contributed by atoms with E-state index in [9.17, 15) is 14.4 Å². The van der Waals surface area contributed by atoms with E-state index in [1.165, 1.54) is 9.80 Å². The summed E-state index contributed by atoms with van der Waals surface area (Å²) >= 11 is 0. The molecule has 0 unspecified atom stereocenters. The van der Waals surface area contributed by atoms with E-state index < -0.39 is 0 Å². The van der Waals surface area contributed by atoms with Crippen LogP contribution in [0.15, 0.2) is 60.7 Å². The third-order valence-electron chi connectivity index (χ3n) is 4.30. The number of urea groups is 1. The molecule has 1 aliphatic heterocycles. The zero-order chi connectivity index (χ0) is 19.1. The van der Waals surface area contributed by atoms with Crippen molar-refractivity contribution in [1.82, 2.24) is 15.1 Å². The van der Waals surface area contributed by atoms with Crippen LogP contribution in [0, 0.1) is 0 Å². The van der Waals surface area contributed by atoms with Crippen molar-refractivity contribution in [3.63, 3.8) is 0 Å². The van der Waals surface area contributed by atoms with Gasteiger partial charge < -0.3 is 20.4 Å². The lowest BCUT2D eigenvalue weighted by molar-refractivity contribution is -0.139. The predicted molar refractivity (Wildman–Crippen MR) is 102 cm³/mol. The maximum absolute atomic E-state index is 12.3. The number of hydrogen-bond donors (Lipinski definition) is 2. The Labute approximate surface area is 158 Å². The molecule has 0 aromatic heterocycles. The van der Waals surface area contributed by atoms with Gasteiger partial charge in [-0.3, -0.25) is 9.59 Å². The van der Waals surface area contributed by atoms with Gasteiger partial charge in [0, 0.05) is 25.3 Å². The fourth-order valence-corrected chi connectivity index (χ4v) is 2.80. The van der Waals surface area contributed by atoms with E-state index >= 15 is 0 Å². The number of nitrogens with zero attached hydrogens (tertiary/aromatic N) is 2. The fourth-order valence-electron chi connectivity index (χ4n) is 2.80. The number of carbonyl (C=O) groups is 3. The molecule has 2 aromatic carbocycles. The Balaban J connectivity index is 1.44. The molecule has 0 aliphatic carbocycles. The number of rotatable bonds is 5. The van der Waals surface area contributed by atoms with Crippen LogP contribution < -0.4 is 10.6 Å². The maximum atomic E-state index is 12.3. The van der Waals surface area contributed by atoms with Crippen molar-refractivity contribution in [3.8, 4) is 0 Å². The standard InChI is InChI=1S/C20H22N4O3/c25-18(21-13-16-7-3-1-4-8-16)14-23-11-12-24(15-19(23)26)20(27)22-17-9-5-2-6-10-17/h1-10H,11-15H2,(H,21,25)(H,22,27). The molecule has 1 heterocycles. The molecular weight excluding hydrogens is 344 g/mol. The molecule has 2 N–H and O–H groups in total. The van der Waals surface area contributed by atoms with E-state index in [4.69, 9.17) is 0 Å². The van der Waals surface area contributed by atoms with Crippen molar-refractivity contribution in [2.75, 3.05) is 31.5 Å². The monoisotopic (exact) mass is 366 g/mol. The largest absolute Gasteiger partial charge is 0.350 e. The summed E-state index contributed by atoms with van der Waals surface area (Å²) in [5.74, 6) is -0.450. The van der Waals surface area contributed by atoms with Gasteiger partial charge in [-0.25, -0.2) is 4.79 Å². The average molecular weight is 366 g/mol. The van der Waals surface area contributed by atoms with Gasteiger partial charge in [0.2, 0.25) is 11.8 Å². The highest BCUT2D eigenvalue weighted by Crippen LogP contribution is 2.09. The SMILES string of the molecule is O=C(CN1CCN(C(=O)Nc2ccccc2)CC1=O)NCc1ccccc1. The minimum absolute atomic E-state index is 0.000187. The summed E-state index contributed by atoms with van der Waals surface area (Å²) in [6, 6.07) is 18.3. The Hall–Kier alpha value is -3.35. The Morgan fingerprint density at radius 2 is 1.59 bits per heavy atom. The van der Waals surface area contributed by atoms with Crippen LogP contribution in [0.2, 0.25) is 0 Å². The van der Waals surface area contributed by atoms with Crippen LogP contribution in [0.25, 0.3) is 0 Å². The molecule has 4 amide bonds. The van der Waals surface area contributed by atoms with Crippen molar-refractivity contribution < 1.29 is 14.4 Å². The second kappa shape index (κ2) is 8.84. The first-order chi connectivity index (χ1) is 13.1. The number of carbonyl (C=O) groups excluding carboxylic acids is 3. The molecule has 7 heteroatoms. The lowest BCUT2D eigenvalue weighted by Gasteiger charge is -2.33. The summed E-state index contributed by atoms with van der Waals surface area (Å²) in [6.45, 7) is 1.11. The Morgan fingerprint density at radius 3 is 2.26 bits per heavy atom. The maximum Gasteiger partial charge on any atom is 0.322 e. The zero-order valence-corrected chi connectivity index (χ0v) is 14.9. The van der Waals surface area contributed by atoms with Crippen molar-refractivity contribution in [1.29, 1.82) is 0 Å². The molecule has 0 atom stereocenters. The van der Waals surface area contributed by atoms with Gasteiger partial charge in [-0.1, -0.05) is 48.5 Å². The Morgan fingerprint density at radius 1 is 0.926 bits per heavy atom. The molecule has 3 rings (SSSR count). The molecule has 0 radical (unpaired) electrons. The lowest BCUT2D eigenvalue weighted by Crippen LogP contribution is -2.55. The van der Waals surface area contributed by atoms with Crippen LogP contribution in [0.3, 0.4) is 0 Å². The molecule has 27 heavy (non-hydrogen) atoms. The molecular formula is C20H22N4O3. The van der Waals surface area contributed by atoms with Crippen molar-refractivity contribution in [2.24, 2.45) is 0 Å². The molecule has 0 bridgehead atoms. The Kier molecular flexibility index (Phi) is 6.04. The first-order valence-corrected chi connectivity index (χ1v) is 8.81. The number of para-hydroxylation sites is 1. The summed E-state index contributed by atoms with van der Waals surface area (Å²) in [5, 5.41) is 5.57. The summed E-state index contributed by atoms with van der Waals surface area (Å²) in [7, 11) is 0. The first kappa shape index (κ1) is 18.4. The normalized spacial score (nSPS) is 14.0. The minimum Gasteiger partial charge on any atom is -0.350 e. The summed E-state index contributed by atoms with van der Waals surface area (Å²) in [6.07, 6.45) is 0. The third kappa shape index (κ3) is 5.31. The van der Waals surface area contributed by atoms with E-state index in [2.05, 4.69) is 10.6 Å². The first-order valence-electron chi connectivity index (χ1n) is 8.81. The second-order valence-corrected chi connectivity index (χ2v) is 6.30. The number of hydrogen-bond acceptors (Lipinski definition) is 3. The van der Waals surface area contributed by atoms with Crippen LogP contribution >= 0.6 is 0 Å². The van der Waals surface area contributed by atoms with Crippen LogP contribution in [-0.2, 0) is 16.1 Å². The smallest absolute Gasteiger partial charge is 0.322 e. The third-order valence-corrected chi connectivity index (χ3v) is 4.30. The van der Waals surface area contributed by atoms with Gasteiger partial charge >= 0.3 is 6.03 Å². The molecule has 2 aromatic rings. The molecule has 0 spiro atoms. The second-order valence-electron chi connectivity index (χ2n) is 6.30. The van der Waals surface area contributed by atoms with Crippen molar-refractivity contribution in [3.05, 3.63) is 66.2 Å². The zero-order valence-electron chi connectivity index (χ0n) is 14.9. The van der Waals surface area contributed by atoms with Gasteiger partial charge in [0.1, 0.15) is 6.54 Å². The number of anilines is 1. The summed E-state index contributed by atoms with van der Waals surface area (Å²) in [5.41, 5.74) is 1.68. The highest BCUT2D eigenvalue weighted by Gasteiger charge is 2.28. The fraction of sp³-hybridized carbons (Fsp3) is 0.250. The minimum atomic E-state index is -0.317. The van der Waals surface area contributed by atoms with Crippen molar-refractivity contribution >= 4 is 23.5 Å². The summed E-state index contributed by atoms with van der Waals surface area (Å²) < 4.78 is 0. The lowest BCUT2D eigenvalue weighted by atomic mass is 10.2. The molecule has 1 aliphatic rings. The molecule has 140 valence electrons. The van der Waals surface area contributed by atoms with Crippen LogP contribution in [0.5, 0.6) is 0 Å². The number of nitrogens with one attached hydrogen (secondary N) is 2. The molecule has 1 saturated heterocycles. The van der Waals surface area contributed by atoms with Crippen molar-refractivity contribution in [2.45, 2.75) is 6.54 Å². The number of piperazine rings is 1. The van der Waals surface area contributed by atoms with Gasteiger partial charge in [0.15, 0.2) is 0 Å². The van der Waals surface area contributed by atoms with Gasteiger partial charge in [0.05, 0.1) is 6.54 Å². The highest BCUT2D eigenvalue weighted by molar-refractivity contribution is 5.94. The van der Waals surface area contributed by atoms with Gasteiger partial charge in [-0.15, -0.1) is 0 Å². The highest BCUT2D eigenvalue weighted by atomic mass is 16.2. The Bertz CT molecular complexity index is 795.